The molecule has 0 aromatic heterocycles. The molecule has 4 nitrogen and oxygen atoms in total. The van der Waals surface area contributed by atoms with Crippen molar-refractivity contribution in [2.45, 2.75) is 103 Å². The first-order chi connectivity index (χ1) is 14.1. The smallest absolute Gasteiger partial charge is 0.399 e. The van der Waals surface area contributed by atoms with Crippen molar-refractivity contribution >= 4 is 27.8 Å². The molecule has 2 aliphatic rings. The molecule has 170 valence electrons. The molecule has 0 amide bonds. The summed E-state index contributed by atoms with van der Waals surface area (Å²) in [6, 6.07) is 9.62. The Bertz CT molecular complexity index is 634. The highest BCUT2D eigenvalue weighted by Crippen LogP contribution is 2.37. The van der Waals surface area contributed by atoms with Crippen LogP contribution in [0.5, 0.6) is 0 Å². The van der Waals surface area contributed by atoms with Crippen LogP contribution in [0.25, 0.3) is 0 Å². The standard InChI is InChI=1S/C21H34BNO2.C2H6.CH3OP/c1-19(2)20(3,4)25-22(24-19)18-11-9-17(10-12-18)16-8-7-14-21(5,23-6)15-13-16;1-2;2-1-3/h9-12,16,23H,7-8,13-15H2,1-6H3;1-2H3;1H,3H2. The van der Waals surface area contributed by atoms with Gasteiger partial charge in [0.05, 0.1) is 11.2 Å². The van der Waals surface area contributed by atoms with Crippen molar-refractivity contribution in [3.8, 4) is 0 Å². The molecule has 1 aromatic rings. The van der Waals surface area contributed by atoms with Crippen molar-refractivity contribution in [3.05, 3.63) is 29.8 Å². The molecule has 0 bridgehead atoms. The van der Waals surface area contributed by atoms with Gasteiger partial charge in [-0.15, -0.1) is 0 Å². The molecule has 3 unspecified atom stereocenters. The molecule has 2 fully saturated rings. The van der Waals surface area contributed by atoms with Crippen LogP contribution in [-0.4, -0.2) is 36.9 Å². The van der Waals surface area contributed by atoms with Gasteiger partial charge >= 0.3 is 7.12 Å². The molecule has 1 aliphatic carbocycles. The van der Waals surface area contributed by atoms with Crippen molar-refractivity contribution in [3.63, 3.8) is 0 Å². The molecule has 0 radical (unpaired) electrons. The van der Waals surface area contributed by atoms with Gasteiger partial charge in [0, 0.05) is 5.54 Å². The fourth-order valence-corrected chi connectivity index (χ4v) is 3.99. The average Bonchev–Trinajstić information content (AvgIpc) is 2.84. The van der Waals surface area contributed by atoms with Crippen LogP contribution >= 0.6 is 9.24 Å². The number of nitrogens with one attached hydrogen (secondary N) is 1. The number of rotatable bonds is 3. The summed E-state index contributed by atoms with van der Waals surface area (Å²) in [6.07, 6.45) is 6.35. The minimum absolute atomic E-state index is 0.263. The van der Waals surface area contributed by atoms with Crippen LogP contribution in [0.1, 0.15) is 92.1 Å². The zero-order valence-electron chi connectivity index (χ0n) is 20.4. The molecule has 1 saturated heterocycles. The Morgan fingerprint density at radius 1 is 1.00 bits per heavy atom. The second kappa shape index (κ2) is 11.8. The SMILES string of the molecule is CC.CNC1(C)CCCC(c2ccc(B3OC(C)(C)C(C)(C)O3)cc2)CC1.O=CP. The van der Waals surface area contributed by atoms with Crippen molar-refractivity contribution in [1.29, 1.82) is 0 Å². The van der Waals surface area contributed by atoms with Gasteiger partial charge in [-0.2, -0.15) is 0 Å². The van der Waals surface area contributed by atoms with Crippen molar-refractivity contribution in [1.82, 2.24) is 5.32 Å². The highest BCUT2D eigenvalue weighted by molar-refractivity contribution is 7.36. The molecule has 1 N–H and O–H groups in total. The maximum absolute atomic E-state index is 8.77. The highest BCUT2D eigenvalue weighted by Gasteiger charge is 2.51. The quantitative estimate of drug-likeness (QED) is 0.311. The number of carbonyl (C=O) groups is 1. The summed E-state index contributed by atoms with van der Waals surface area (Å²) in [7, 11) is 3.73. The van der Waals surface area contributed by atoms with Crippen LogP contribution in [0.15, 0.2) is 24.3 Å². The first kappa shape index (κ1) is 27.3. The summed E-state index contributed by atoms with van der Waals surface area (Å²) >= 11 is 0. The molecule has 1 aliphatic heterocycles. The predicted molar refractivity (Wildman–Crippen MR) is 133 cm³/mol. The largest absolute Gasteiger partial charge is 0.494 e. The van der Waals surface area contributed by atoms with Crippen LogP contribution in [0.3, 0.4) is 0 Å². The number of hydrogen-bond acceptors (Lipinski definition) is 4. The van der Waals surface area contributed by atoms with Gasteiger partial charge in [0.2, 0.25) is 0 Å². The van der Waals surface area contributed by atoms with Gasteiger partial charge in [0.25, 0.3) is 0 Å². The molecule has 6 heteroatoms. The lowest BCUT2D eigenvalue weighted by Gasteiger charge is -2.32. The van der Waals surface area contributed by atoms with Gasteiger partial charge in [0.1, 0.15) is 6.03 Å². The first-order valence-electron chi connectivity index (χ1n) is 11.4. The van der Waals surface area contributed by atoms with Crippen LogP contribution in [0.2, 0.25) is 0 Å². The lowest BCUT2D eigenvalue weighted by molar-refractivity contribution is 0.00578. The van der Waals surface area contributed by atoms with Crippen LogP contribution in [0, 0.1) is 0 Å². The molecule has 1 saturated carbocycles. The van der Waals surface area contributed by atoms with Gasteiger partial charge in [-0.05, 0) is 84.3 Å². The third-order valence-corrected chi connectivity index (χ3v) is 6.86. The summed E-state index contributed by atoms with van der Waals surface area (Å²) in [5.74, 6) is 0.669. The number of hydrogen-bond donors (Lipinski definition) is 1. The van der Waals surface area contributed by atoms with Crippen molar-refractivity contribution in [2.75, 3.05) is 7.05 Å². The summed E-state index contributed by atoms with van der Waals surface area (Å²) in [4.78, 5) is 8.77. The van der Waals surface area contributed by atoms with Gasteiger partial charge in [0.15, 0.2) is 0 Å². The molecule has 1 aromatic carbocycles. The van der Waals surface area contributed by atoms with E-state index in [4.69, 9.17) is 14.1 Å². The monoisotopic (exact) mass is 435 g/mol. The Labute approximate surface area is 187 Å². The Balaban J connectivity index is 0.000000826. The maximum Gasteiger partial charge on any atom is 0.494 e. The molecule has 1 heterocycles. The van der Waals surface area contributed by atoms with Crippen LogP contribution in [0.4, 0.5) is 0 Å². The molecule has 0 spiro atoms. The molecular formula is C24H43BNO3P. The van der Waals surface area contributed by atoms with E-state index in [0.29, 0.717) is 17.5 Å². The van der Waals surface area contributed by atoms with E-state index in [1.165, 1.54) is 37.7 Å². The summed E-state index contributed by atoms with van der Waals surface area (Å²) in [5.41, 5.74) is 2.32. The normalized spacial score (nSPS) is 27.1. The van der Waals surface area contributed by atoms with Gasteiger partial charge in [-0.1, -0.05) is 53.8 Å². The highest BCUT2D eigenvalue weighted by atomic mass is 31.0. The van der Waals surface area contributed by atoms with E-state index in [9.17, 15) is 0 Å². The van der Waals surface area contributed by atoms with Crippen molar-refractivity contribution < 1.29 is 14.1 Å². The Kier molecular flexibility index (Phi) is 10.7. The average molecular weight is 435 g/mol. The molecule has 3 rings (SSSR count). The molecule has 30 heavy (non-hydrogen) atoms. The van der Waals surface area contributed by atoms with E-state index in [0.717, 1.165) is 5.46 Å². The Hall–Kier alpha value is -0.735. The zero-order chi connectivity index (χ0) is 23.0. The second-order valence-corrected chi connectivity index (χ2v) is 9.60. The fourth-order valence-electron chi connectivity index (χ4n) is 3.99. The van der Waals surface area contributed by atoms with Gasteiger partial charge < -0.3 is 14.6 Å². The minimum Gasteiger partial charge on any atom is -0.399 e. The number of carbonyl (C=O) groups excluding carboxylic acids is 1. The Morgan fingerprint density at radius 3 is 1.97 bits per heavy atom. The van der Waals surface area contributed by atoms with E-state index < -0.39 is 0 Å². The van der Waals surface area contributed by atoms with E-state index in [1.54, 1.807) is 0 Å². The molecule has 3 atom stereocenters. The van der Waals surface area contributed by atoms with Gasteiger partial charge in [-0.3, -0.25) is 4.79 Å². The van der Waals surface area contributed by atoms with Crippen molar-refractivity contribution in [2.24, 2.45) is 0 Å². The third kappa shape index (κ3) is 6.89. The van der Waals surface area contributed by atoms with E-state index in [2.05, 4.69) is 71.2 Å². The summed E-state index contributed by atoms with van der Waals surface area (Å²) in [6.45, 7) is 14.8. The van der Waals surface area contributed by atoms with Gasteiger partial charge in [-0.25, -0.2) is 0 Å². The lowest BCUT2D eigenvalue weighted by Crippen LogP contribution is -2.41. The number of benzene rings is 1. The first-order valence-corrected chi connectivity index (χ1v) is 12.0. The van der Waals surface area contributed by atoms with E-state index in [-0.39, 0.29) is 18.3 Å². The van der Waals surface area contributed by atoms with Crippen LogP contribution in [-0.2, 0) is 14.1 Å². The summed E-state index contributed by atoms with van der Waals surface area (Å²) < 4.78 is 12.3. The Morgan fingerprint density at radius 2 is 1.50 bits per heavy atom. The maximum atomic E-state index is 8.77. The van der Waals surface area contributed by atoms with Crippen LogP contribution < -0.4 is 10.8 Å². The minimum atomic E-state index is -0.283. The van der Waals surface area contributed by atoms with E-state index in [1.807, 2.05) is 23.1 Å². The second-order valence-electron chi connectivity index (χ2n) is 9.33. The predicted octanol–water partition coefficient (Wildman–Crippen LogP) is 5.09. The summed E-state index contributed by atoms with van der Waals surface area (Å²) in [5, 5.41) is 3.52. The third-order valence-electron chi connectivity index (χ3n) is 6.86. The fraction of sp³-hybridized carbons (Fsp3) is 0.708. The topological polar surface area (TPSA) is 47.6 Å². The zero-order valence-corrected chi connectivity index (χ0v) is 21.5. The molecular weight excluding hydrogens is 392 g/mol. The lowest BCUT2D eigenvalue weighted by atomic mass is 9.78. The van der Waals surface area contributed by atoms with E-state index >= 15 is 0 Å².